The predicted octanol–water partition coefficient (Wildman–Crippen LogP) is 2.45. The highest BCUT2D eigenvalue weighted by Gasteiger charge is 2.11. The Hall–Kier alpha value is -0.870. The van der Waals surface area contributed by atoms with Crippen LogP contribution in [0.3, 0.4) is 0 Å². The second-order valence-corrected chi connectivity index (χ2v) is 5.63. The summed E-state index contributed by atoms with van der Waals surface area (Å²) < 4.78 is 0. The van der Waals surface area contributed by atoms with Crippen molar-refractivity contribution >= 4 is 17.2 Å². The Kier molecular flexibility index (Phi) is 6.22. The molecule has 0 radical (unpaired) electrons. The molecule has 0 aliphatic heterocycles. The van der Waals surface area contributed by atoms with Gasteiger partial charge in [-0.05, 0) is 32.4 Å². The fraction of sp³-hybridized carbons (Fsp3) is 0.615. The molecule has 96 valence electrons. The molecule has 1 rings (SSSR count). The standard InChI is InChI=1S/C13H22N2OS/c1-4-5-8-14-13(16)11(3)15-9-12-7-6-10(2)17-12/h6-7,11,15H,4-5,8-9H2,1-3H3,(H,14,16). The molecule has 1 aromatic heterocycles. The maximum atomic E-state index is 11.7. The molecule has 0 bridgehead atoms. The first kappa shape index (κ1) is 14.2. The monoisotopic (exact) mass is 254 g/mol. The van der Waals surface area contributed by atoms with E-state index in [0.29, 0.717) is 0 Å². The Balaban J connectivity index is 2.24. The topological polar surface area (TPSA) is 41.1 Å². The van der Waals surface area contributed by atoms with Crippen LogP contribution in [-0.4, -0.2) is 18.5 Å². The lowest BCUT2D eigenvalue weighted by Crippen LogP contribution is -2.42. The molecule has 0 aliphatic rings. The molecule has 0 saturated carbocycles. The number of carbonyl (C=O) groups excluding carboxylic acids is 1. The highest BCUT2D eigenvalue weighted by molar-refractivity contribution is 7.11. The maximum absolute atomic E-state index is 11.7. The number of rotatable bonds is 7. The summed E-state index contributed by atoms with van der Waals surface area (Å²) >= 11 is 1.77. The van der Waals surface area contributed by atoms with Crippen LogP contribution in [0.1, 0.15) is 36.4 Å². The average molecular weight is 254 g/mol. The Morgan fingerprint density at radius 3 is 2.82 bits per heavy atom. The fourth-order valence-corrected chi connectivity index (χ4v) is 2.31. The van der Waals surface area contributed by atoms with Gasteiger partial charge in [0.1, 0.15) is 0 Å². The Bertz CT molecular complexity index is 349. The number of carbonyl (C=O) groups is 1. The summed E-state index contributed by atoms with van der Waals surface area (Å²) in [6, 6.07) is 4.08. The third kappa shape index (κ3) is 5.33. The van der Waals surface area contributed by atoms with Crippen molar-refractivity contribution in [3.05, 3.63) is 21.9 Å². The van der Waals surface area contributed by atoms with Gasteiger partial charge in [0, 0.05) is 22.8 Å². The largest absolute Gasteiger partial charge is 0.355 e. The number of thiophene rings is 1. The molecule has 3 nitrogen and oxygen atoms in total. The number of nitrogens with one attached hydrogen (secondary N) is 2. The van der Waals surface area contributed by atoms with Crippen molar-refractivity contribution in [1.82, 2.24) is 10.6 Å². The minimum atomic E-state index is -0.130. The van der Waals surface area contributed by atoms with Gasteiger partial charge >= 0.3 is 0 Å². The van der Waals surface area contributed by atoms with E-state index in [9.17, 15) is 4.79 Å². The summed E-state index contributed by atoms with van der Waals surface area (Å²) in [5.41, 5.74) is 0. The molecule has 2 N–H and O–H groups in total. The molecule has 1 unspecified atom stereocenters. The zero-order chi connectivity index (χ0) is 12.7. The molecule has 0 aliphatic carbocycles. The van der Waals surface area contributed by atoms with Crippen molar-refractivity contribution in [2.75, 3.05) is 6.54 Å². The van der Waals surface area contributed by atoms with Crippen LogP contribution in [0.2, 0.25) is 0 Å². The third-order valence-electron chi connectivity index (χ3n) is 2.60. The van der Waals surface area contributed by atoms with Crippen LogP contribution in [0.4, 0.5) is 0 Å². The van der Waals surface area contributed by atoms with Crippen molar-refractivity contribution in [2.45, 2.75) is 46.2 Å². The van der Waals surface area contributed by atoms with Crippen LogP contribution in [0, 0.1) is 6.92 Å². The van der Waals surface area contributed by atoms with Gasteiger partial charge in [-0.2, -0.15) is 0 Å². The molecule has 0 saturated heterocycles. The number of hydrogen-bond donors (Lipinski definition) is 2. The SMILES string of the molecule is CCCCNC(=O)C(C)NCc1ccc(C)s1. The van der Waals surface area contributed by atoms with Gasteiger partial charge in [-0.25, -0.2) is 0 Å². The third-order valence-corrected chi connectivity index (χ3v) is 3.60. The molecule has 1 amide bonds. The molecule has 1 atom stereocenters. The van der Waals surface area contributed by atoms with Gasteiger partial charge in [-0.1, -0.05) is 13.3 Å². The van der Waals surface area contributed by atoms with E-state index in [1.165, 1.54) is 9.75 Å². The molecule has 0 fully saturated rings. The maximum Gasteiger partial charge on any atom is 0.236 e. The molecule has 1 heterocycles. The zero-order valence-corrected chi connectivity index (χ0v) is 11.7. The van der Waals surface area contributed by atoms with Gasteiger partial charge in [0.15, 0.2) is 0 Å². The lowest BCUT2D eigenvalue weighted by molar-refractivity contribution is -0.122. The van der Waals surface area contributed by atoms with Gasteiger partial charge in [0.25, 0.3) is 0 Å². The van der Waals surface area contributed by atoms with Crippen molar-refractivity contribution in [3.8, 4) is 0 Å². The normalized spacial score (nSPS) is 12.4. The van der Waals surface area contributed by atoms with Crippen molar-refractivity contribution in [2.24, 2.45) is 0 Å². The van der Waals surface area contributed by atoms with Crippen LogP contribution in [0.15, 0.2) is 12.1 Å². The van der Waals surface area contributed by atoms with Crippen molar-refractivity contribution in [1.29, 1.82) is 0 Å². The van der Waals surface area contributed by atoms with E-state index in [-0.39, 0.29) is 11.9 Å². The van der Waals surface area contributed by atoms with Gasteiger partial charge in [-0.15, -0.1) is 11.3 Å². The molecule has 0 spiro atoms. The predicted molar refractivity (Wildman–Crippen MR) is 73.3 cm³/mol. The zero-order valence-electron chi connectivity index (χ0n) is 10.9. The first-order valence-electron chi connectivity index (χ1n) is 6.20. The summed E-state index contributed by atoms with van der Waals surface area (Å²) in [5.74, 6) is 0.0896. The number of unbranched alkanes of at least 4 members (excludes halogenated alkanes) is 1. The van der Waals surface area contributed by atoms with Gasteiger partial charge in [0.05, 0.1) is 6.04 Å². The average Bonchev–Trinajstić information content (AvgIpc) is 2.72. The van der Waals surface area contributed by atoms with Gasteiger partial charge in [0.2, 0.25) is 5.91 Å². The second-order valence-electron chi connectivity index (χ2n) is 4.26. The van der Waals surface area contributed by atoms with E-state index in [4.69, 9.17) is 0 Å². The number of hydrogen-bond acceptors (Lipinski definition) is 3. The Labute approximate surface area is 108 Å². The quantitative estimate of drug-likeness (QED) is 0.734. The van der Waals surface area contributed by atoms with Crippen molar-refractivity contribution < 1.29 is 4.79 Å². The summed E-state index contributed by atoms with van der Waals surface area (Å²) in [4.78, 5) is 14.3. The summed E-state index contributed by atoms with van der Waals surface area (Å²) in [6.07, 6.45) is 2.15. The lowest BCUT2D eigenvalue weighted by atomic mass is 10.3. The molecular weight excluding hydrogens is 232 g/mol. The Morgan fingerprint density at radius 2 is 2.24 bits per heavy atom. The molecular formula is C13H22N2OS. The summed E-state index contributed by atoms with van der Waals surface area (Å²) in [6.45, 7) is 7.66. The Morgan fingerprint density at radius 1 is 1.47 bits per heavy atom. The van der Waals surface area contributed by atoms with Crippen LogP contribution < -0.4 is 10.6 Å². The van der Waals surface area contributed by atoms with Crippen LogP contribution in [0.25, 0.3) is 0 Å². The molecule has 1 aromatic rings. The first-order valence-corrected chi connectivity index (χ1v) is 7.01. The van der Waals surface area contributed by atoms with E-state index in [0.717, 1.165) is 25.9 Å². The minimum absolute atomic E-state index is 0.0896. The van der Waals surface area contributed by atoms with E-state index in [2.05, 4.69) is 36.6 Å². The molecule has 0 aromatic carbocycles. The highest BCUT2D eigenvalue weighted by atomic mass is 32.1. The molecule has 4 heteroatoms. The van der Waals surface area contributed by atoms with Crippen LogP contribution in [0.5, 0.6) is 0 Å². The summed E-state index contributed by atoms with van der Waals surface area (Å²) in [7, 11) is 0. The van der Waals surface area contributed by atoms with Gasteiger partial charge < -0.3 is 10.6 Å². The smallest absolute Gasteiger partial charge is 0.236 e. The minimum Gasteiger partial charge on any atom is -0.355 e. The van der Waals surface area contributed by atoms with E-state index >= 15 is 0 Å². The van der Waals surface area contributed by atoms with Crippen LogP contribution >= 0.6 is 11.3 Å². The first-order chi connectivity index (χ1) is 8.13. The van der Waals surface area contributed by atoms with Crippen molar-refractivity contribution in [3.63, 3.8) is 0 Å². The van der Waals surface area contributed by atoms with E-state index in [1.807, 2.05) is 6.92 Å². The molecule has 17 heavy (non-hydrogen) atoms. The van der Waals surface area contributed by atoms with E-state index in [1.54, 1.807) is 11.3 Å². The highest BCUT2D eigenvalue weighted by Crippen LogP contribution is 2.14. The van der Waals surface area contributed by atoms with E-state index < -0.39 is 0 Å². The lowest BCUT2D eigenvalue weighted by Gasteiger charge is -2.13. The summed E-state index contributed by atoms with van der Waals surface area (Å²) in [5, 5.41) is 6.16. The number of aryl methyl sites for hydroxylation is 1. The van der Waals surface area contributed by atoms with Gasteiger partial charge in [-0.3, -0.25) is 4.79 Å². The van der Waals surface area contributed by atoms with Crippen LogP contribution in [-0.2, 0) is 11.3 Å². The second kappa shape index (κ2) is 7.45. The number of amides is 1. The fourth-order valence-electron chi connectivity index (χ4n) is 1.47.